The van der Waals surface area contributed by atoms with Gasteiger partial charge in [-0.15, -0.1) is 0 Å². The van der Waals surface area contributed by atoms with E-state index in [-0.39, 0.29) is 5.91 Å². The van der Waals surface area contributed by atoms with E-state index in [0.29, 0.717) is 13.2 Å². The van der Waals surface area contributed by atoms with E-state index in [0.717, 1.165) is 49.1 Å². The van der Waals surface area contributed by atoms with Gasteiger partial charge in [-0.1, -0.05) is 17.4 Å². The van der Waals surface area contributed by atoms with Crippen LogP contribution in [0, 0.1) is 0 Å². The van der Waals surface area contributed by atoms with Gasteiger partial charge in [0, 0.05) is 46.2 Å². The van der Waals surface area contributed by atoms with E-state index in [2.05, 4.69) is 21.2 Å². The molecule has 0 bridgehead atoms. The summed E-state index contributed by atoms with van der Waals surface area (Å²) in [5, 5.41) is 3.92. The molecular formula is C17H24N4O2S. The van der Waals surface area contributed by atoms with Crippen molar-refractivity contribution in [1.82, 2.24) is 15.2 Å². The first kappa shape index (κ1) is 17.0. The molecule has 0 spiro atoms. The van der Waals surface area contributed by atoms with E-state index in [1.54, 1.807) is 18.3 Å². The first-order valence-corrected chi connectivity index (χ1v) is 9.23. The molecule has 3 rings (SSSR count). The lowest BCUT2D eigenvalue weighted by molar-refractivity contribution is -0.119. The van der Waals surface area contributed by atoms with Crippen molar-refractivity contribution in [3.8, 4) is 5.75 Å². The molecule has 0 aliphatic carbocycles. The first-order chi connectivity index (χ1) is 11.7. The number of hydrogen-bond acceptors (Lipinski definition) is 6. The molecule has 1 fully saturated rings. The first-order valence-electron chi connectivity index (χ1n) is 8.41. The van der Waals surface area contributed by atoms with Crippen molar-refractivity contribution in [2.75, 3.05) is 50.8 Å². The van der Waals surface area contributed by atoms with Crippen LogP contribution >= 0.6 is 11.3 Å². The molecule has 0 radical (unpaired) electrons. The third-order valence-corrected chi connectivity index (χ3v) is 5.20. The van der Waals surface area contributed by atoms with E-state index >= 15 is 0 Å². The van der Waals surface area contributed by atoms with Gasteiger partial charge < -0.3 is 15.0 Å². The highest BCUT2D eigenvalue weighted by atomic mass is 32.1. The van der Waals surface area contributed by atoms with E-state index in [9.17, 15) is 4.79 Å². The molecule has 0 atom stereocenters. The van der Waals surface area contributed by atoms with E-state index in [1.165, 1.54) is 4.70 Å². The van der Waals surface area contributed by atoms with Crippen molar-refractivity contribution in [3.05, 3.63) is 18.2 Å². The van der Waals surface area contributed by atoms with Crippen LogP contribution in [0.5, 0.6) is 5.75 Å². The minimum Gasteiger partial charge on any atom is -0.492 e. The fourth-order valence-electron chi connectivity index (χ4n) is 2.87. The zero-order valence-electron chi connectivity index (χ0n) is 14.2. The molecule has 1 N–H and O–H groups in total. The Kier molecular flexibility index (Phi) is 5.52. The van der Waals surface area contributed by atoms with E-state index < -0.39 is 0 Å². The van der Waals surface area contributed by atoms with Gasteiger partial charge in [0.15, 0.2) is 5.13 Å². The van der Waals surface area contributed by atoms with Crippen LogP contribution in [0.2, 0.25) is 0 Å². The van der Waals surface area contributed by atoms with Gasteiger partial charge in [0.2, 0.25) is 5.91 Å². The number of carbonyl (C=O) groups excluding carboxylic acids is 1. The number of amides is 1. The van der Waals surface area contributed by atoms with Crippen LogP contribution in [-0.2, 0) is 4.79 Å². The molecule has 2 heterocycles. The van der Waals surface area contributed by atoms with Gasteiger partial charge in [-0.25, -0.2) is 4.98 Å². The second kappa shape index (κ2) is 7.81. The number of fused-ring (bicyclic) bond motifs is 1. The number of nitrogens with one attached hydrogen (secondary N) is 1. The Balaban J connectivity index is 1.61. The maximum atomic E-state index is 10.9. The van der Waals surface area contributed by atoms with Crippen molar-refractivity contribution in [2.45, 2.75) is 13.8 Å². The monoisotopic (exact) mass is 348 g/mol. The van der Waals surface area contributed by atoms with Gasteiger partial charge in [-0.3, -0.25) is 9.69 Å². The molecule has 1 aromatic heterocycles. The van der Waals surface area contributed by atoms with Crippen molar-refractivity contribution in [3.63, 3.8) is 0 Å². The van der Waals surface area contributed by atoms with Gasteiger partial charge in [0.25, 0.3) is 0 Å². The van der Waals surface area contributed by atoms with Crippen molar-refractivity contribution in [1.29, 1.82) is 0 Å². The number of carbonyl (C=O) groups is 1. The molecule has 24 heavy (non-hydrogen) atoms. The summed E-state index contributed by atoms with van der Waals surface area (Å²) in [5.41, 5.74) is 0.965. The van der Waals surface area contributed by atoms with E-state index in [4.69, 9.17) is 9.72 Å². The number of ether oxygens (including phenoxy) is 1. The van der Waals surface area contributed by atoms with Gasteiger partial charge in [-0.05, 0) is 19.1 Å². The summed E-state index contributed by atoms with van der Waals surface area (Å²) in [6.07, 6.45) is 0. The van der Waals surface area contributed by atoms with Crippen molar-refractivity contribution < 1.29 is 9.53 Å². The van der Waals surface area contributed by atoms with E-state index in [1.807, 2.05) is 19.1 Å². The lowest BCUT2D eigenvalue weighted by Gasteiger charge is -2.34. The normalized spacial score (nSPS) is 15.7. The lowest BCUT2D eigenvalue weighted by atomic mass is 10.3. The molecule has 6 nitrogen and oxygen atoms in total. The smallest absolute Gasteiger partial charge is 0.216 e. The molecule has 1 aliphatic rings. The fourth-order valence-corrected chi connectivity index (χ4v) is 3.91. The fraction of sp³-hybridized carbons (Fsp3) is 0.529. The Hall–Kier alpha value is -1.86. The maximum absolute atomic E-state index is 10.9. The second-order valence-electron chi connectivity index (χ2n) is 5.84. The van der Waals surface area contributed by atoms with Crippen LogP contribution in [0.1, 0.15) is 13.8 Å². The van der Waals surface area contributed by atoms with Gasteiger partial charge in [0.05, 0.1) is 11.3 Å². The predicted octanol–water partition coefficient (Wildman–Crippen LogP) is 1.95. The number of nitrogens with zero attached hydrogens (tertiary/aromatic N) is 3. The zero-order chi connectivity index (χ0) is 16.9. The van der Waals surface area contributed by atoms with Crippen molar-refractivity contribution in [2.24, 2.45) is 0 Å². The summed E-state index contributed by atoms with van der Waals surface area (Å²) in [6, 6.07) is 6.10. The number of benzene rings is 1. The second-order valence-corrected chi connectivity index (χ2v) is 6.85. The summed E-state index contributed by atoms with van der Waals surface area (Å²) < 4.78 is 6.85. The summed E-state index contributed by atoms with van der Waals surface area (Å²) in [4.78, 5) is 20.5. The highest BCUT2D eigenvalue weighted by Gasteiger charge is 2.20. The molecule has 0 saturated carbocycles. The Morgan fingerprint density at radius 1 is 1.33 bits per heavy atom. The lowest BCUT2D eigenvalue weighted by Crippen LogP contribution is -2.48. The molecule has 130 valence electrons. The van der Waals surface area contributed by atoms with Gasteiger partial charge >= 0.3 is 0 Å². The average Bonchev–Trinajstić information content (AvgIpc) is 3.01. The standard InChI is InChI=1S/C17H24N4O2S/c1-3-23-14-5-4-6-15-16(14)19-17(24-15)21-11-9-20(10-12-21)8-7-18-13(2)22/h4-6H,3,7-12H2,1-2H3,(H,18,22). The molecule has 0 unspecified atom stereocenters. The highest BCUT2D eigenvalue weighted by Crippen LogP contribution is 2.34. The molecule has 1 amide bonds. The topological polar surface area (TPSA) is 57.7 Å². The summed E-state index contributed by atoms with van der Waals surface area (Å²) in [7, 11) is 0. The SMILES string of the molecule is CCOc1cccc2sc(N3CCN(CCNC(C)=O)CC3)nc12. The van der Waals surface area contributed by atoms with Crippen LogP contribution in [0.15, 0.2) is 18.2 Å². The molecule has 2 aromatic rings. The third kappa shape index (κ3) is 3.96. The average molecular weight is 348 g/mol. The molecule has 1 aromatic carbocycles. The molecule has 1 aliphatic heterocycles. The number of hydrogen-bond donors (Lipinski definition) is 1. The molecular weight excluding hydrogens is 324 g/mol. The summed E-state index contributed by atoms with van der Waals surface area (Å²) >= 11 is 1.73. The zero-order valence-corrected chi connectivity index (χ0v) is 15.1. The Bertz CT molecular complexity index is 695. The van der Waals surface area contributed by atoms with Crippen LogP contribution in [-0.4, -0.2) is 61.7 Å². The van der Waals surface area contributed by atoms with Crippen LogP contribution in [0.25, 0.3) is 10.2 Å². The minimum atomic E-state index is 0.0354. The van der Waals surface area contributed by atoms with Crippen molar-refractivity contribution >= 4 is 32.6 Å². The number of aromatic nitrogens is 1. The van der Waals surface area contributed by atoms with Crippen LogP contribution in [0.3, 0.4) is 0 Å². The Morgan fingerprint density at radius 2 is 2.12 bits per heavy atom. The predicted molar refractivity (Wildman–Crippen MR) is 98.1 cm³/mol. The highest BCUT2D eigenvalue weighted by molar-refractivity contribution is 7.22. The minimum absolute atomic E-state index is 0.0354. The van der Waals surface area contributed by atoms with Crippen LogP contribution < -0.4 is 15.0 Å². The third-order valence-electron chi connectivity index (χ3n) is 4.12. The molecule has 1 saturated heterocycles. The summed E-state index contributed by atoms with van der Waals surface area (Å²) in [5.74, 6) is 0.902. The Labute approximate surface area is 146 Å². The number of piperazine rings is 1. The van der Waals surface area contributed by atoms with Gasteiger partial charge in [-0.2, -0.15) is 0 Å². The number of anilines is 1. The van der Waals surface area contributed by atoms with Gasteiger partial charge in [0.1, 0.15) is 11.3 Å². The number of thiazole rings is 1. The molecule has 7 heteroatoms. The summed E-state index contributed by atoms with van der Waals surface area (Å²) in [6.45, 7) is 9.73. The quantitative estimate of drug-likeness (QED) is 0.865. The number of para-hydroxylation sites is 1. The largest absolute Gasteiger partial charge is 0.492 e. The Morgan fingerprint density at radius 3 is 2.83 bits per heavy atom. The maximum Gasteiger partial charge on any atom is 0.216 e. The van der Waals surface area contributed by atoms with Crippen LogP contribution in [0.4, 0.5) is 5.13 Å². The number of rotatable bonds is 6.